The van der Waals surface area contributed by atoms with Gasteiger partial charge < -0.3 is 4.57 Å². The highest BCUT2D eigenvalue weighted by Gasteiger charge is 2.38. The van der Waals surface area contributed by atoms with Gasteiger partial charge in [0.1, 0.15) is 18.0 Å². The third kappa shape index (κ3) is 3.25. The van der Waals surface area contributed by atoms with Crippen molar-refractivity contribution in [2.24, 2.45) is 5.92 Å². The van der Waals surface area contributed by atoms with Crippen molar-refractivity contribution in [1.29, 1.82) is 0 Å². The number of halogens is 2. The van der Waals surface area contributed by atoms with E-state index >= 15 is 0 Å². The molecule has 26 heavy (non-hydrogen) atoms. The van der Waals surface area contributed by atoms with E-state index in [2.05, 4.69) is 14.8 Å². The Bertz CT molecular complexity index is 905. The van der Waals surface area contributed by atoms with Crippen LogP contribution in [0.3, 0.4) is 0 Å². The van der Waals surface area contributed by atoms with Gasteiger partial charge >= 0.3 is 0 Å². The SMILES string of the molecule is O=S(=O)(c1ccc(F)c(Cl)c1)N1CC(Cc2nncn2C2CCCC2)C1. The number of aromatic nitrogens is 3. The van der Waals surface area contributed by atoms with Crippen molar-refractivity contribution in [1.82, 2.24) is 19.1 Å². The van der Waals surface area contributed by atoms with Crippen molar-refractivity contribution in [2.45, 2.75) is 43.0 Å². The maximum Gasteiger partial charge on any atom is 0.243 e. The minimum absolute atomic E-state index is 0.0245. The maximum atomic E-state index is 13.3. The van der Waals surface area contributed by atoms with Crippen LogP contribution in [0.25, 0.3) is 0 Å². The van der Waals surface area contributed by atoms with E-state index in [4.69, 9.17) is 11.6 Å². The molecule has 1 saturated carbocycles. The van der Waals surface area contributed by atoms with E-state index < -0.39 is 15.8 Å². The van der Waals surface area contributed by atoms with Crippen molar-refractivity contribution in [2.75, 3.05) is 13.1 Å². The zero-order valence-electron chi connectivity index (χ0n) is 14.2. The average molecular weight is 399 g/mol. The van der Waals surface area contributed by atoms with Gasteiger partial charge in [-0.3, -0.25) is 0 Å². The van der Waals surface area contributed by atoms with Crippen LogP contribution in [0.2, 0.25) is 5.02 Å². The summed E-state index contributed by atoms with van der Waals surface area (Å²) in [6.07, 6.45) is 7.28. The van der Waals surface area contributed by atoms with Gasteiger partial charge in [0.25, 0.3) is 0 Å². The summed E-state index contributed by atoms with van der Waals surface area (Å²) < 4.78 is 42.1. The molecular formula is C17H20ClFN4O2S. The van der Waals surface area contributed by atoms with Gasteiger partial charge in [-0.2, -0.15) is 4.31 Å². The molecular weight excluding hydrogens is 379 g/mol. The highest BCUT2D eigenvalue weighted by molar-refractivity contribution is 7.89. The Morgan fingerprint density at radius 1 is 1.23 bits per heavy atom. The molecule has 9 heteroatoms. The van der Waals surface area contributed by atoms with Gasteiger partial charge in [-0.1, -0.05) is 24.4 Å². The maximum absolute atomic E-state index is 13.3. The largest absolute Gasteiger partial charge is 0.314 e. The van der Waals surface area contributed by atoms with Gasteiger partial charge in [0, 0.05) is 25.6 Å². The van der Waals surface area contributed by atoms with Gasteiger partial charge in [0.15, 0.2) is 0 Å². The van der Waals surface area contributed by atoms with Crippen LogP contribution in [-0.4, -0.2) is 40.6 Å². The fourth-order valence-corrected chi connectivity index (χ4v) is 5.66. The highest BCUT2D eigenvalue weighted by atomic mass is 35.5. The zero-order chi connectivity index (χ0) is 18.3. The molecule has 2 fully saturated rings. The van der Waals surface area contributed by atoms with Crippen molar-refractivity contribution in [3.63, 3.8) is 0 Å². The molecule has 0 amide bonds. The molecule has 2 aromatic rings. The molecule has 1 aliphatic carbocycles. The Morgan fingerprint density at radius 2 is 1.96 bits per heavy atom. The summed E-state index contributed by atoms with van der Waals surface area (Å²) in [7, 11) is -3.64. The number of hydrogen-bond donors (Lipinski definition) is 0. The number of benzene rings is 1. The normalized spacial score (nSPS) is 19.8. The molecule has 0 atom stereocenters. The summed E-state index contributed by atoms with van der Waals surface area (Å²) in [6.45, 7) is 0.851. The standard InChI is InChI=1S/C17H20ClFN4O2S/c18-15-8-14(5-6-16(15)19)26(24,25)22-9-12(10-22)7-17-21-20-11-23(17)13-3-1-2-4-13/h5-6,8,11-13H,1-4,7,9-10H2. The zero-order valence-corrected chi connectivity index (χ0v) is 15.8. The molecule has 1 aromatic carbocycles. The van der Waals surface area contributed by atoms with E-state index in [-0.39, 0.29) is 15.8 Å². The second-order valence-electron chi connectivity index (χ2n) is 7.06. The van der Waals surface area contributed by atoms with Crippen LogP contribution in [-0.2, 0) is 16.4 Å². The molecule has 140 valence electrons. The molecule has 2 aliphatic rings. The van der Waals surface area contributed by atoms with Crippen LogP contribution >= 0.6 is 11.6 Å². The quantitative estimate of drug-likeness (QED) is 0.776. The smallest absolute Gasteiger partial charge is 0.243 e. The second-order valence-corrected chi connectivity index (χ2v) is 9.41. The first kappa shape index (κ1) is 17.9. The molecule has 1 saturated heterocycles. The predicted octanol–water partition coefficient (Wildman–Crippen LogP) is 3.05. The van der Waals surface area contributed by atoms with Crippen LogP contribution in [0.1, 0.15) is 37.5 Å². The summed E-state index contributed by atoms with van der Waals surface area (Å²) in [6, 6.07) is 3.97. The van der Waals surface area contributed by atoms with Crippen molar-refractivity contribution >= 4 is 21.6 Å². The molecule has 0 spiro atoms. The predicted molar refractivity (Wildman–Crippen MR) is 94.9 cm³/mol. The minimum atomic E-state index is -3.64. The Hall–Kier alpha value is -1.51. The summed E-state index contributed by atoms with van der Waals surface area (Å²) in [5.74, 6) is 0.521. The molecule has 6 nitrogen and oxygen atoms in total. The van der Waals surface area contributed by atoms with E-state index in [1.807, 2.05) is 0 Å². The van der Waals surface area contributed by atoms with Gasteiger partial charge in [-0.15, -0.1) is 10.2 Å². The van der Waals surface area contributed by atoms with Crippen LogP contribution in [0.4, 0.5) is 4.39 Å². The van der Waals surface area contributed by atoms with Gasteiger partial charge in [0.2, 0.25) is 10.0 Å². The lowest BCUT2D eigenvalue weighted by Crippen LogP contribution is -2.50. The molecule has 1 aromatic heterocycles. The molecule has 1 aliphatic heterocycles. The molecule has 0 bridgehead atoms. The first-order valence-corrected chi connectivity index (χ1v) is 10.6. The van der Waals surface area contributed by atoms with E-state index in [1.54, 1.807) is 6.33 Å². The number of sulfonamides is 1. The highest BCUT2D eigenvalue weighted by Crippen LogP contribution is 2.32. The van der Waals surface area contributed by atoms with E-state index in [0.717, 1.165) is 30.8 Å². The topological polar surface area (TPSA) is 68.1 Å². The average Bonchev–Trinajstić information content (AvgIpc) is 3.23. The van der Waals surface area contributed by atoms with Crippen molar-refractivity contribution < 1.29 is 12.8 Å². The van der Waals surface area contributed by atoms with Gasteiger partial charge in [-0.05, 0) is 37.0 Å². The molecule has 4 rings (SSSR count). The molecule has 0 unspecified atom stereocenters. The van der Waals surface area contributed by atoms with E-state index in [1.165, 1.54) is 23.2 Å². The van der Waals surface area contributed by atoms with Crippen LogP contribution in [0, 0.1) is 11.7 Å². The lowest BCUT2D eigenvalue weighted by atomic mass is 9.99. The first-order chi connectivity index (χ1) is 12.4. The third-order valence-corrected chi connectivity index (χ3v) is 7.41. The summed E-state index contributed by atoms with van der Waals surface area (Å²) in [5.41, 5.74) is 0. The molecule has 0 radical (unpaired) electrons. The van der Waals surface area contributed by atoms with Crippen LogP contribution in [0.15, 0.2) is 29.4 Å². The molecule has 0 N–H and O–H groups in total. The minimum Gasteiger partial charge on any atom is -0.314 e. The number of rotatable bonds is 5. The Kier molecular flexibility index (Phi) is 4.75. The Morgan fingerprint density at radius 3 is 2.65 bits per heavy atom. The molecule has 2 heterocycles. The van der Waals surface area contributed by atoms with Crippen LogP contribution < -0.4 is 0 Å². The fraction of sp³-hybridized carbons (Fsp3) is 0.529. The second kappa shape index (κ2) is 6.90. The first-order valence-electron chi connectivity index (χ1n) is 8.79. The summed E-state index contributed by atoms with van der Waals surface area (Å²) in [4.78, 5) is 0.0245. The van der Waals surface area contributed by atoms with Gasteiger partial charge in [-0.25, -0.2) is 12.8 Å². The summed E-state index contributed by atoms with van der Waals surface area (Å²) in [5, 5.41) is 8.09. The number of hydrogen-bond acceptors (Lipinski definition) is 4. The van der Waals surface area contributed by atoms with Crippen molar-refractivity contribution in [3.05, 3.63) is 41.2 Å². The third-order valence-electron chi connectivity index (χ3n) is 5.29. The Balaban J connectivity index is 1.41. The van der Waals surface area contributed by atoms with Crippen LogP contribution in [0.5, 0.6) is 0 Å². The Labute approximate surface area is 157 Å². The van der Waals surface area contributed by atoms with E-state index in [9.17, 15) is 12.8 Å². The lowest BCUT2D eigenvalue weighted by molar-refractivity contribution is 0.195. The van der Waals surface area contributed by atoms with Gasteiger partial charge in [0.05, 0.1) is 9.92 Å². The monoisotopic (exact) mass is 398 g/mol. The van der Waals surface area contributed by atoms with E-state index in [0.29, 0.717) is 25.6 Å². The van der Waals surface area contributed by atoms with Crippen molar-refractivity contribution in [3.8, 4) is 0 Å². The summed E-state index contributed by atoms with van der Waals surface area (Å²) >= 11 is 5.71. The lowest BCUT2D eigenvalue weighted by Gasteiger charge is -2.38. The number of nitrogens with zero attached hydrogens (tertiary/aromatic N) is 4. The fourth-order valence-electron chi connectivity index (χ4n) is 3.79.